The molecule has 2 fully saturated rings. The first kappa shape index (κ1) is 15.1. The van der Waals surface area contributed by atoms with Crippen LogP contribution in [0.2, 0.25) is 5.02 Å². The topological polar surface area (TPSA) is 15.3 Å². The number of fused-ring (bicyclic) bond motifs is 2. The number of rotatable bonds is 3. The summed E-state index contributed by atoms with van der Waals surface area (Å²) >= 11 is 5.89. The maximum absolute atomic E-state index is 14.1. The van der Waals surface area contributed by atoms with Crippen LogP contribution in [-0.4, -0.2) is 30.1 Å². The highest BCUT2D eigenvalue weighted by Crippen LogP contribution is 2.38. The van der Waals surface area contributed by atoms with Crippen molar-refractivity contribution >= 4 is 17.3 Å². The third-order valence-corrected chi connectivity index (χ3v) is 5.40. The number of piperidine rings is 1. The van der Waals surface area contributed by atoms with E-state index in [4.69, 9.17) is 11.6 Å². The van der Waals surface area contributed by atoms with Crippen molar-refractivity contribution < 1.29 is 4.39 Å². The summed E-state index contributed by atoms with van der Waals surface area (Å²) in [4.78, 5) is 2.57. The molecule has 0 amide bonds. The number of nitrogens with one attached hydrogen (secondary N) is 1. The average molecular weight is 311 g/mol. The number of benzene rings is 1. The zero-order valence-electron chi connectivity index (χ0n) is 12.8. The minimum Gasteiger partial charge on any atom is -0.379 e. The van der Waals surface area contributed by atoms with E-state index in [9.17, 15) is 4.39 Å². The predicted molar refractivity (Wildman–Crippen MR) is 86.4 cm³/mol. The minimum absolute atomic E-state index is 0.199. The molecule has 1 N–H and O–H groups in total. The van der Waals surface area contributed by atoms with Gasteiger partial charge in [-0.1, -0.05) is 24.1 Å². The van der Waals surface area contributed by atoms with Crippen LogP contribution in [0.3, 0.4) is 0 Å². The summed E-state index contributed by atoms with van der Waals surface area (Å²) < 4.78 is 14.1. The van der Waals surface area contributed by atoms with Gasteiger partial charge >= 0.3 is 0 Å². The van der Waals surface area contributed by atoms with Crippen LogP contribution in [0.5, 0.6) is 0 Å². The molecule has 1 aliphatic heterocycles. The Labute approximate surface area is 131 Å². The highest BCUT2D eigenvalue weighted by atomic mass is 35.5. The van der Waals surface area contributed by atoms with E-state index in [-0.39, 0.29) is 10.8 Å². The maximum Gasteiger partial charge on any atom is 0.164 e. The molecule has 3 rings (SSSR count). The molecule has 21 heavy (non-hydrogen) atoms. The van der Waals surface area contributed by atoms with Gasteiger partial charge in [-0.3, -0.25) is 0 Å². The van der Waals surface area contributed by atoms with Crippen molar-refractivity contribution in [1.29, 1.82) is 0 Å². The number of nitrogens with zero attached hydrogens (tertiary/aromatic N) is 1. The fraction of sp³-hybridized carbons (Fsp3) is 0.647. The molecule has 0 spiro atoms. The number of anilines is 1. The Morgan fingerprint density at radius 2 is 1.90 bits per heavy atom. The minimum atomic E-state index is -0.316. The van der Waals surface area contributed by atoms with Crippen LogP contribution in [0.1, 0.15) is 33.1 Å². The van der Waals surface area contributed by atoms with Gasteiger partial charge in [-0.2, -0.15) is 0 Å². The zero-order chi connectivity index (χ0) is 15.0. The average Bonchev–Trinajstić information content (AvgIpc) is 2.43. The Morgan fingerprint density at radius 3 is 2.52 bits per heavy atom. The number of hydrogen-bond acceptors (Lipinski definition) is 2. The molecule has 1 saturated carbocycles. The number of halogens is 2. The molecule has 1 aromatic carbocycles. The Kier molecular flexibility index (Phi) is 4.41. The molecular weight excluding hydrogens is 287 g/mol. The lowest BCUT2D eigenvalue weighted by atomic mass is 9.73. The monoisotopic (exact) mass is 310 g/mol. The van der Waals surface area contributed by atoms with E-state index in [1.807, 2.05) is 6.07 Å². The van der Waals surface area contributed by atoms with Crippen LogP contribution < -0.4 is 5.32 Å². The van der Waals surface area contributed by atoms with Crippen molar-refractivity contribution in [3.63, 3.8) is 0 Å². The van der Waals surface area contributed by atoms with Crippen LogP contribution in [0, 0.1) is 17.7 Å². The third kappa shape index (κ3) is 3.04. The second-order valence-electron chi connectivity index (χ2n) is 6.77. The summed E-state index contributed by atoms with van der Waals surface area (Å²) in [6, 6.07) is 6.18. The van der Waals surface area contributed by atoms with Gasteiger partial charge in [0.05, 0.1) is 10.7 Å². The molecule has 0 radical (unpaired) electrons. The van der Waals surface area contributed by atoms with Crippen LogP contribution in [0.25, 0.3) is 0 Å². The van der Waals surface area contributed by atoms with E-state index < -0.39 is 0 Å². The first-order valence-electron chi connectivity index (χ1n) is 8.01. The van der Waals surface area contributed by atoms with E-state index >= 15 is 0 Å². The molecule has 0 aromatic heterocycles. The standard InChI is InChI=1S/C17H24ClFN2/c1-11(2)21-9-12-5-3-6-13(10-21)17(12)20-15-8-4-7-14(18)16(15)19/h4,7-8,11-13,17,20H,3,5-6,9-10H2,1-2H3. The van der Waals surface area contributed by atoms with Crippen molar-refractivity contribution in [2.45, 2.75) is 45.2 Å². The smallest absolute Gasteiger partial charge is 0.164 e. The van der Waals surface area contributed by atoms with E-state index in [0.29, 0.717) is 29.6 Å². The van der Waals surface area contributed by atoms with Gasteiger partial charge in [-0.25, -0.2) is 4.39 Å². The summed E-state index contributed by atoms with van der Waals surface area (Å²) in [5.41, 5.74) is 0.558. The fourth-order valence-corrected chi connectivity index (χ4v) is 4.10. The van der Waals surface area contributed by atoms with Crippen molar-refractivity contribution in [3.05, 3.63) is 29.0 Å². The molecule has 2 aliphatic rings. The van der Waals surface area contributed by atoms with Crippen molar-refractivity contribution in [1.82, 2.24) is 4.90 Å². The lowest BCUT2D eigenvalue weighted by Gasteiger charge is -2.49. The molecule has 1 heterocycles. The molecule has 2 atom stereocenters. The first-order valence-corrected chi connectivity index (χ1v) is 8.38. The lowest BCUT2D eigenvalue weighted by molar-refractivity contribution is 0.0517. The zero-order valence-corrected chi connectivity index (χ0v) is 13.5. The Morgan fingerprint density at radius 1 is 1.24 bits per heavy atom. The highest BCUT2D eigenvalue weighted by molar-refractivity contribution is 6.31. The molecule has 1 aromatic rings. The Bertz CT molecular complexity index is 492. The van der Waals surface area contributed by atoms with Gasteiger partial charge in [-0.15, -0.1) is 0 Å². The molecule has 2 nitrogen and oxygen atoms in total. The SMILES string of the molecule is CC(C)N1CC2CCCC(C1)C2Nc1cccc(Cl)c1F. The largest absolute Gasteiger partial charge is 0.379 e. The van der Waals surface area contributed by atoms with Crippen molar-refractivity contribution in [2.75, 3.05) is 18.4 Å². The van der Waals surface area contributed by atoms with Gasteiger partial charge in [0.2, 0.25) is 0 Å². The van der Waals surface area contributed by atoms with Gasteiger partial charge in [-0.05, 0) is 50.7 Å². The van der Waals surface area contributed by atoms with Crippen molar-refractivity contribution in [2.24, 2.45) is 11.8 Å². The quantitative estimate of drug-likeness (QED) is 0.890. The highest BCUT2D eigenvalue weighted by Gasteiger charge is 2.40. The van der Waals surface area contributed by atoms with Crippen LogP contribution >= 0.6 is 11.6 Å². The predicted octanol–water partition coefficient (Wildman–Crippen LogP) is 4.40. The molecule has 116 valence electrons. The molecule has 1 saturated heterocycles. The summed E-state index contributed by atoms with van der Waals surface area (Å²) in [6.07, 6.45) is 3.77. The van der Waals surface area contributed by atoms with Crippen molar-refractivity contribution in [3.8, 4) is 0 Å². The maximum atomic E-state index is 14.1. The number of hydrogen-bond donors (Lipinski definition) is 1. The van der Waals surface area contributed by atoms with E-state index in [0.717, 1.165) is 13.1 Å². The normalized spacial score (nSPS) is 29.7. The lowest BCUT2D eigenvalue weighted by Crippen LogP contribution is -2.56. The van der Waals surface area contributed by atoms with Crippen LogP contribution in [-0.2, 0) is 0 Å². The summed E-state index contributed by atoms with van der Waals surface area (Å²) in [6.45, 7) is 6.77. The summed E-state index contributed by atoms with van der Waals surface area (Å²) in [7, 11) is 0. The summed E-state index contributed by atoms with van der Waals surface area (Å²) in [5, 5.41) is 3.66. The van der Waals surface area contributed by atoms with E-state index in [1.54, 1.807) is 12.1 Å². The fourth-order valence-electron chi connectivity index (χ4n) is 3.93. The van der Waals surface area contributed by atoms with Gasteiger partial charge < -0.3 is 10.2 Å². The van der Waals surface area contributed by atoms with Gasteiger partial charge in [0.1, 0.15) is 0 Å². The van der Waals surface area contributed by atoms with Gasteiger partial charge in [0, 0.05) is 25.2 Å². The second kappa shape index (κ2) is 6.13. The Hall–Kier alpha value is -0.800. The van der Waals surface area contributed by atoms with Crippen LogP contribution in [0.4, 0.5) is 10.1 Å². The second-order valence-corrected chi connectivity index (χ2v) is 7.18. The van der Waals surface area contributed by atoms with Crippen LogP contribution in [0.15, 0.2) is 18.2 Å². The van der Waals surface area contributed by atoms with Gasteiger partial charge in [0.25, 0.3) is 0 Å². The van der Waals surface area contributed by atoms with E-state index in [1.165, 1.54) is 19.3 Å². The first-order chi connectivity index (χ1) is 10.1. The number of likely N-dealkylation sites (tertiary alicyclic amines) is 1. The molecular formula is C17H24ClFN2. The molecule has 1 aliphatic carbocycles. The van der Waals surface area contributed by atoms with E-state index in [2.05, 4.69) is 24.1 Å². The Balaban J connectivity index is 1.78. The summed E-state index contributed by atoms with van der Waals surface area (Å²) in [5.74, 6) is 0.903. The molecule has 2 bridgehead atoms. The molecule has 2 unspecified atom stereocenters. The third-order valence-electron chi connectivity index (χ3n) is 5.11. The van der Waals surface area contributed by atoms with Gasteiger partial charge in [0.15, 0.2) is 5.82 Å². The molecule has 4 heteroatoms.